The highest BCUT2D eigenvalue weighted by atomic mass is 19.4. The summed E-state index contributed by atoms with van der Waals surface area (Å²) in [6, 6.07) is 2.56. The van der Waals surface area contributed by atoms with Crippen molar-refractivity contribution in [3.8, 4) is 17.9 Å². The Labute approximate surface area is 164 Å². The molecule has 2 N–H and O–H groups in total. The third kappa shape index (κ3) is 5.00. The van der Waals surface area contributed by atoms with Crippen LogP contribution in [0.25, 0.3) is 0 Å². The molecule has 1 atom stereocenters. The van der Waals surface area contributed by atoms with Crippen molar-refractivity contribution in [2.75, 3.05) is 11.9 Å². The number of rotatable bonds is 5. The number of carbonyl (C=O) groups excluding carboxylic acids is 1. The van der Waals surface area contributed by atoms with Gasteiger partial charge in [-0.15, -0.1) is 0 Å². The molecule has 2 aromatic carbocycles. The molecule has 144 valence electrons. The lowest BCUT2D eigenvalue weighted by Gasteiger charge is -2.23. The first-order valence-corrected chi connectivity index (χ1v) is 7.53. The van der Waals surface area contributed by atoms with Crippen LogP contribution in [0.2, 0.25) is 0 Å². The average Bonchev–Trinajstić information content (AvgIpc) is 2.72. The van der Waals surface area contributed by atoms with Gasteiger partial charge in [0.2, 0.25) is 0 Å². The fourth-order valence-corrected chi connectivity index (χ4v) is 1.93. The van der Waals surface area contributed by atoms with Crippen LogP contribution >= 0.6 is 0 Å². The maximum absolute atomic E-state index is 13.1. The van der Waals surface area contributed by atoms with Gasteiger partial charge in [0.1, 0.15) is 12.4 Å². The molecule has 0 aromatic heterocycles. The fraction of sp³-hybridized carbons (Fsp3) is 0.211. The molecule has 0 unspecified atom stereocenters. The highest BCUT2D eigenvalue weighted by Gasteiger charge is 2.35. The van der Waals surface area contributed by atoms with Crippen LogP contribution in [0.3, 0.4) is 0 Å². The molecule has 2 rings (SSSR count). The maximum Gasteiger partial charge on any atom is 0.417 e. The Morgan fingerprint density at radius 1 is 1.25 bits per heavy atom. The Balaban J connectivity index is 2.25. The number of amides is 1. The summed E-state index contributed by atoms with van der Waals surface area (Å²) in [7, 11) is 0. The zero-order valence-corrected chi connectivity index (χ0v) is 14.2. The summed E-state index contributed by atoms with van der Waals surface area (Å²) in [6.07, 6.45) is -4.86. The van der Waals surface area contributed by atoms with Crippen LogP contribution in [0.5, 0.6) is 5.75 Å². The van der Waals surface area contributed by atoms with Crippen molar-refractivity contribution >= 4 is 11.6 Å². The number of hydrogen-bond acceptors (Lipinski definition) is 5. The molecular weight excluding hydrogens is 375 g/mol. The van der Waals surface area contributed by atoms with E-state index in [4.69, 9.17) is 20.7 Å². The van der Waals surface area contributed by atoms with Crippen molar-refractivity contribution in [3.05, 3.63) is 59.1 Å². The SMILES string of the molecule is [2H]c1c([2H])c(OC[C@@](C)(O)C(=O)Nc2ccc(C#N)c(C(F)(F)F)c2)c([2H])c([2H])c1C#N. The largest absolute Gasteiger partial charge is 0.490 e. The van der Waals surface area contributed by atoms with E-state index in [-0.39, 0.29) is 5.69 Å². The molecule has 1 amide bonds. The minimum absolute atomic E-state index is 0.357. The summed E-state index contributed by atoms with van der Waals surface area (Å²) in [6.45, 7) is 0.0700. The lowest BCUT2D eigenvalue weighted by Crippen LogP contribution is -2.45. The van der Waals surface area contributed by atoms with Gasteiger partial charge in [-0.05, 0) is 49.3 Å². The quantitative estimate of drug-likeness (QED) is 0.811. The number of nitrogens with one attached hydrogen (secondary N) is 1. The fourth-order valence-electron chi connectivity index (χ4n) is 1.93. The summed E-state index contributed by atoms with van der Waals surface area (Å²) < 4.78 is 75.3. The van der Waals surface area contributed by atoms with Gasteiger partial charge in [-0.1, -0.05) is 0 Å². The minimum atomic E-state index is -4.86. The molecule has 0 bridgehead atoms. The Kier molecular flexibility index (Phi) is 4.42. The predicted octanol–water partition coefficient (Wildman–Crippen LogP) is 3.22. The van der Waals surface area contributed by atoms with E-state index in [9.17, 15) is 23.1 Å². The Morgan fingerprint density at radius 2 is 1.89 bits per heavy atom. The molecule has 6 nitrogen and oxygen atoms in total. The van der Waals surface area contributed by atoms with E-state index >= 15 is 0 Å². The Hall–Kier alpha value is -3.56. The van der Waals surface area contributed by atoms with Gasteiger partial charge in [0.05, 0.1) is 34.3 Å². The molecule has 0 saturated carbocycles. The summed E-state index contributed by atoms with van der Waals surface area (Å²) in [5, 5.41) is 30.2. The lowest BCUT2D eigenvalue weighted by atomic mass is 10.1. The van der Waals surface area contributed by atoms with Crippen molar-refractivity contribution in [2.45, 2.75) is 18.7 Å². The second-order valence-electron chi connectivity index (χ2n) is 5.70. The molecule has 0 aliphatic carbocycles. The van der Waals surface area contributed by atoms with Crippen molar-refractivity contribution in [3.63, 3.8) is 0 Å². The first kappa shape index (κ1) is 15.5. The van der Waals surface area contributed by atoms with E-state index in [1.807, 2.05) is 0 Å². The number of ether oxygens (including phenoxy) is 1. The Bertz CT molecular complexity index is 1140. The number of aliphatic hydroxyl groups is 1. The van der Waals surface area contributed by atoms with E-state index in [2.05, 4.69) is 5.32 Å². The molecule has 0 aliphatic heterocycles. The zero-order valence-electron chi connectivity index (χ0n) is 18.2. The number of carbonyl (C=O) groups is 1. The standard InChI is InChI=1S/C19H14F3N3O3/c1-18(27,11-28-15-6-2-12(9-23)3-7-15)17(26)25-14-5-4-13(10-24)16(8-14)19(20,21)22/h2-8,27H,11H2,1H3,(H,25,26)/t18-/m1/s1/i2D,3D,6D,7D. The van der Waals surface area contributed by atoms with Crippen LogP contribution < -0.4 is 10.1 Å². The van der Waals surface area contributed by atoms with Crippen LogP contribution in [0.1, 0.15) is 29.1 Å². The normalized spacial score (nSPS) is 15.0. The number of halogens is 3. The first-order valence-electron chi connectivity index (χ1n) is 9.53. The summed E-state index contributed by atoms with van der Waals surface area (Å²) in [5.74, 6) is -1.82. The summed E-state index contributed by atoms with van der Waals surface area (Å²) in [5.41, 5.74) is -5.18. The van der Waals surface area contributed by atoms with Crippen LogP contribution in [0.15, 0.2) is 42.4 Å². The van der Waals surface area contributed by atoms with Gasteiger partial charge >= 0.3 is 6.18 Å². The third-order valence-electron chi connectivity index (χ3n) is 3.40. The zero-order chi connectivity index (χ0) is 24.4. The van der Waals surface area contributed by atoms with E-state index in [0.29, 0.717) is 6.07 Å². The molecule has 0 spiro atoms. The number of nitrogens with zero attached hydrogens (tertiary/aromatic N) is 2. The monoisotopic (exact) mass is 393 g/mol. The van der Waals surface area contributed by atoms with Crippen LogP contribution in [-0.4, -0.2) is 23.2 Å². The van der Waals surface area contributed by atoms with Crippen LogP contribution in [0, 0.1) is 22.7 Å². The number of benzene rings is 2. The minimum Gasteiger partial charge on any atom is -0.490 e. The number of alkyl halides is 3. The van der Waals surface area contributed by atoms with Crippen molar-refractivity contribution in [1.82, 2.24) is 0 Å². The van der Waals surface area contributed by atoms with Crippen LogP contribution in [-0.2, 0) is 11.0 Å². The number of nitriles is 2. The van der Waals surface area contributed by atoms with Gasteiger partial charge in [-0.2, -0.15) is 23.7 Å². The maximum atomic E-state index is 13.1. The van der Waals surface area contributed by atoms with Crippen molar-refractivity contribution in [2.24, 2.45) is 0 Å². The Morgan fingerprint density at radius 3 is 2.43 bits per heavy atom. The van der Waals surface area contributed by atoms with E-state index in [1.165, 1.54) is 12.1 Å². The lowest BCUT2D eigenvalue weighted by molar-refractivity contribution is -0.138. The smallest absolute Gasteiger partial charge is 0.417 e. The summed E-state index contributed by atoms with van der Waals surface area (Å²) in [4.78, 5) is 12.4. The van der Waals surface area contributed by atoms with E-state index in [1.54, 1.807) is 0 Å². The highest BCUT2D eigenvalue weighted by Crippen LogP contribution is 2.33. The second kappa shape index (κ2) is 7.99. The van der Waals surface area contributed by atoms with Crippen LogP contribution in [0.4, 0.5) is 18.9 Å². The molecule has 28 heavy (non-hydrogen) atoms. The van der Waals surface area contributed by atoms with E-state index < -0.39 is 70.9 Å². The van der Waals surface area contributed by atoms with E-state index in [0.717, 1.165) is 19.1 Å². The van der Waals surface area contributed by atoms with Crippen molar-refractivity contribution in [1.29, 1.82) is 10.5 Å². The van der Waals surface area contributed by atoms with Gasteiger partial charge in [0, 0.05) is 5.69 Å². The van der Waals surface area contributed by atoms with Gasteiger partial charge in [0.25, 0.3) is 5.91 Å². The molecule has 0 saturated heterocycles. The molecule has 0 aliphatic rings. The molecule has 9 heteroatoms. The van der Waals surface area contributed by atoms with Gasteiger partial charge in [-0.25, -0.2) is 0 Å². The molecule has 0 heterocycles. The first-order chi connectivity index (χ1) is 14.7. The summed E-state index contributed by atoms with van der Waals surface area (Å²) >= 11 is 0. The highest BCUT2D eigenvalue weighted by molar-refractivity contribution is 5.97. The predicted molar refractivity (Wildman–Crippen MR) is 92.1 cm³/mol. The topological polar surface area (TPSA) is 106 Å². The average molecular weight is 393 g/mol. The molecule has 2 aromatic rings. The van der Waals surface area contributed by atoms with Gasteiger partial charge in [-0.3, -0.25) is 4.79 Å². The van der Waals surface area contributed by atoms with Gasteiger partial charge in [0.15, 0.2) is 5.60 Å². The molecular formula is C19H14F3N3O3. The molecule has 0 radical (unpaired) electrons. The number of anilines is 1. The third-order valence-corrected chi connectivity index (χ3v) is 3.40. The number of hydrogen-bond donors (Lipinski definition) is 2. The van der Waals surface area contributed by atoms with Crippen molar-refractivity contribution < 1.29 is 33.3 Å². The molecule has 0 fully saturated rings. The second-order valence-corrected chi connectivity index (χ2v) is 5.70. The van der Waals surface area contributed by atoms with Gasteiger partial charge < -0.3 is 15.2 Å².